The fraction of sp³-hybridized carbons (Fsp3) is 0.353. The smallest absolute Gasteiger partial charge is 0.126 e. The predicted molar refractivity (Wildman–Crippen MR) is 81.5 cm³/mol. The van der Waals surface area contributed by atoms with Crippen molar-refractivity contribution in [1.29, 1.82) is 0 Å². The van der Waals surface area contributed by atoms with Gasteiger partial charge in [0.1, 0.15) is 11.5 Å². The molecule has 1 aliphatic rings. The summed E-state index contributed by atoms with van der Waals surface area (Å²) in [4.78, 5) is 4.47. The van der Waals surface area contributed by atoms with Gasteiger partial charge in [0.15, 0.2) is 0 Å². The Morgan fingerprint density at radius 3 is 2.95 bits per heavy atom. The molecule has 2 N–H and O–H groups in total. The van der Waals surface area contributed by atoms with Gasteiger partial charge >= 0.3 is 0 Å². The summed E-state index contributed by atoms with van der Waals surface area (Å²) in [7, 11) is 1.67. The molecule has 1 aromatic carbocycles. The number of rotatable bonds is 4. The molecular weight excluding hydrogens is 264 g/mol. The summed E-state index contributed by atoms with van der Waals surface area (Å²) in [5.74, 6) is 2.24. The van der Waals surface area contributed by atoms with Gasteiger partial charge in [-0.3, -0.25) is 4.98 Å². The second kappa shape index (κ2) is 6.14. The zero-order valence-corrected chi connectivity index (χ0v) is 12.2. The third kappa shape index (κ3) is 3.16. The first-order valence-electron chi connectivity index (χ1n) is 7.22. The number of aromatic nitrogens is 1. The van der Waals surface area contributed by atoms with Crippen LogP contribution in [0.25, 0.3) is 0 Å². The van der Waals surface area contributed by atoms with Crippen molar-refractivity contribution in [3.63, 3.8) is 0 Å². The van der Waals surface area contributed by atoms with Crippen molar-refractivity contribution in [3.05, 3.63) is 53.3 Å². The Morgan fingerprint density at radius 1 is 1.33 bits per heavy atom. The Balaban J connectivity index is 1.68. The van der Waals surface area contributed by atoms with Crippen LogP contribution in [0, 0.1) is 5.92 Å². The molecule has 0 fully saturated rings. The molecule has 1 atom stereocenters. The number of pyridine rings is 1. The standard InChI is InChI=1S/C17H20N2O2/c1-20-16-5-3-14-6-13(11-21-17(14)8-16)7-15-4-2-12(9-18)10-19-15/h2-5,8,10,13H,6-7,9,11,18H2,1H3/t13-/m1/s1. The fourth-order valence-electron chi connectivity index (χ4n) is 2.67. The molecule has 0 saturated carbocycles. The van der Waals surface area contributed by atoms with Crippen molar-refractivity contribution in [1.82, 2.24) is 4.98 Å². The van der Waals surface area contributed by atoms with Gasteiger partial charge in [-0.15, -0.1) is 0 Å². The van der Waals surface area contributed by atoms with Crippen LogP contribution >= 0.6 is 0 Å². The van der Waals surface area contributed by atoms with Crippen molar-refractivity contribution in [2.45, 2.75) is 19.4 Å². The molecule has 2 heterocycles. The van der Waals surface area contributed by atoms with E-state index in [1.54, 1.807) is 7.11 Å². The minimum absolute atomic E-state index is 0.460. The van der Waals surface area contributed by atoms with Crippen LogP contribution in [-0.2, 0) is 19.4 Å². The largest absolute Gasteiger partial charge is 0.497 e. The second-order valence-corrected chi connectivity index (χ2v) is 5.42. The Kier molecular flexibility index (Phi) is 4.06. The normalized spacial score (nSPS) is 17.0. The summed E-state index contributed by atoms with van der Waals surface area (Å²) in [6.45, 7) is 1.26. The van der Waals surface area contributed by atoms with E-state index in [1.807, 2.05) is 24.4 Å². The highest BCUT2D eigenvalue weighted by Gasteiger charge is 2.21. The third-order valence-electron chi connectivity index (χ3n) is 3.88. The first kappa shape index (κ1) is 13.9. The van der Waals surface area contributed by atoms with E-state index in [1.165, 1.54) is 5.56 Å². The molecule has 1 aromatic heterocycles. The van der Waals surface area contributed by atoms with E-state index in [2.05, 4.69) is 17.1 Å². The summed E-state index contributed by atoms with van der Waals surface area (Å²) in [5, 5.41) is 0. The molecule has 4 heteroatoms. The molecule has 2 aromatic rings. The van der Waals surface area contributed by atoms with E-state index < -0.39 is 0 Å². The number of benzene rings is 1. The van der Waals surface area contributed by atoms with Gasteiger partial charge in [-0.25, -0.2) is 0 Å². The summed E-state index contributed by atoms with van der Waals surface area (Å²) in [5.41, 5.74) is 8.99. The zero-order chi connectivity index (χ0) is 14.7. The average Bonchev–Trinajstić information content (AvgIpc) is 2.55. The number of nitrogens with two attached hydrogens (primary N) is 1. The summed E-state index contributed by atoms with van der Waals surface area (Å²) in [6.07, 6.45) is 3.80. The molecule has 1 aliphatic heterocycles. The maximum absolute atomic E-state index is 5.87. The first-order chi connectivity index (χ1) is 10.3. The van der Waals surface area contributed by atoms with E-state index >= 15 is 0 Å². The van der Waals surface area contributed by atoms with Gasteiger partial charge in [0.05, 0.1) is 13.7 Å². The molecule has 0 unspecified atom stereocenters. The van der Waals surface area contributed by atoms with Crippen LogP contribution < -0.4 is 15.2 Å². The third-order valence-corrected chi connectivity index (χ3v) is 3.88. The monoisotopic (exact) mass is 284 g/mol. The van der Waals surface area contributed by atoms with Crippen molar-refractivity contribution >= 4 is 0 Å². The summed E-state index contributed by atoms with van der Waals surface area (Å²) < 4.78 is 11.1. The number of nitrogens with zero attached hydrogens (tertiary/aromatic N) is 1. The number of hydrogen-bond donors (Lipinski definition) is 1. The van der Waals surface area contributed by atoms with Gasteiger partial charge in [0, 0.05) is 30.4 Å². The topological polar surface area (TPSA) is 57.4 Å². The van der Waals surface area contributed by atoms with Gasteiger partial charge in [-0.05, 0) is 36.1 Å². The van der Waals surface area contributed by atoms with Crippen molar-refractivity contribution in [3.8, 4) is 11.5 Å². The molecule has 0 aliphatic carbocycles. The Hall–Kier alpha value is -2.07. The molecule has 110 valence electrons. The van der Waals surface area contributed by atoms with Crippen molar-refractivity contribution < 1.29 is 9.47 Å². The van der Waals surface area contributed by atoms with Gasteiger partial charge in [-0.1, -0.05) is 12.1 Å². The van der Waals surface area contributed by atoms with Gasteiger partial charge in [0.25, 0.3) is 0 Å². The fourth-order valence-corrected chi connectivity index (χ4v) is 2.67. The van der Waals surface area contributed by atoms with Gasteiger partial charge in [0.2, 0.25) is 0 Å². The van der Waals surface area contributed by atoms with Crippen molar-refractivity contribution in [2.24, 2.45) is 11.7 Å². The lowest BCUT2D eigenvalue weighted by Crippen LogP contribution is -2.23. The minimum atomic E-state index is 0.460. The van der Waals surface area contributed by atoms with Crippen LogP contribution in [0.3, 0.4) is 0 Å². The van der Waals surface area contributed by atoms with E-state index in [0.717, 1.165) is 42.2 Å². The molecule has 0 amide bonds. The Morgan fingerprint density at radius 2 is 2.24 bits per heavy atom. The average molecular weight is 284 g/mol. The highest BCUT2D eigenvalue weighted by Crippen LogP contribution is 2.31. The predicted octanol–water partition coefficient (Wildman–Crippen LogP) is 2.34. The number of fused-ring (bicyclic) bond motifs is 1. The van der Waals surface area contributed by atoms with E-state index in [0.29, 0.717) is 12.5 Å². The molecule has 0 bridgehead atoms. The Labute approximate surface area is 124 Å². The Bertz CT molecular complexity index is 611. The maximum Gasteiger partial charge on any atom is 0.126 e. The van der Waals surface area contributed by atoms with Crippen LogP contribution in [0.4, 0.5) is 0 Å². The summed E-state index contributed by atoms with van der Waals surface area (Å²) >= 11 is 0. The molecule has 0 spiro atoms. The maximum atomic E-state index is 5.87. The second-order valence-electron chi connectivity index (χ2n) is 5.42. The first-order valence-corrected chi connectivity index (χ1v) is 7.22. The molecule has 21 heavy (non-hydrogen) atoms. The SMILES string of the molecule is COc1ccc2c(c1)OC[C@@H](Cc1ccc(CN)cn1)C2. The lowest BCUT2D eigenvalue weighted by atomic mass is 9.92. The highest BCUT2D eigenvalue weighted by atomic mass is 16.5. The lowest BCUT2D eigenvalue weighted by molar-refractivity contribution is 0.219. The number of hydrogen-bond acceptors (Lipinski definition) is 4. The lowest BCUT2D eigenvalue weighted by Gasteiger charge is -2.25. The molecule has 3 rings (SSSR count). The van der Waals surface area contributed by atoms with Crippen LogP contribution in [0.1, 0.15) is 16.8 Å². The molecule has 0 radical (unpaired) electrons. The van der Waals surface area contributed by atoms with E-state index in [-0.39, 0.29) is 0 Å². The number of ether oxygens (including phenoxy) is 2. The highest BCUT2D eigenvalue weighted by molar-refractivity contribution is 5.42. The van der Waals surface area contributed by atoms with E-state index in [9.17, 15) is 0 Å². The van der Waals surface area contributed by atoms with Crippen LogP contribution in [0.15, 0.2) is 36.5 Å². The molecule has 4 nitrogen and oxygen atoms in total. The van der Waals surface area contributed by atoms with Gasteiger partial charge in [-0.2, -0.15) is 0 Å². The van der Waals surface area contributed by atoms with Crippen molar-refractivity contribution in [2.75, 3.05) is 13.7 Å². The summed E-state index contributed by atoms with van der Waals surface area (Å²) in [6, 6.07) is 10.1. The molecule has 0 saturated heterocycles. The molecular formula is C17H20N2O2. The van der Waals surface area contributed by atoms with Crippen LogP contribution in [-0.4, -0.2) is 18.7 Å². The quantitative estimate of drug-likeness (QED) is 0.936. The van der Waals surface area contributed by atoms with Crippen LogP contribution in [0.5, 0.6) is 11.5 Å². The zero-order valence-electron chi connectivity index (χ0n) is 12.2. The van der Waals surface area contributed by atoms with E-state index in [4.69, 9.17) is 15.2 Å². The number of methoxy groups -OCH3 is 1. The van der Waals surface area contributed by atoms with Crippen LogP contribution in [0.2, 0.25) is 0 Å². The van der Waals surface area contributed by atoms with Gasteiger partial charge < -0.3 is 15.2 Å². The minimum Gasteiger partial charge on any atom is -0.497 e.